The molecule has 0 aliphatic carbocycles. The van der Waals surface area contributed by atoms with Gasteiger partial charge in [-0.05, 0) is 67.6 Å². The van der Waals surface area contributed by atoms with Gasteiger partial charge in [-0.3, -0.25) is 4.79 Å². The van der Waals surface area contributed by atoms with Crippen molar-refractivity contribution in [2.75, 3.05) is 24.7 Å². The van der Waals surface area contributed by atoms with Gasteiger partial charge >= 0.3 is 0 Å². The SMILES string of the molecule is CCCN(CCC)S(=O)(=O)c1ccc(C(=O)Nc2ccc(SC)cc2)cc1. The summed E-state index contributed by atoms with van der Waals surface area (Å²) in [6.45, 7) is 4.89. The number of amides is 1. The zero-order valence-corrected chi connectivity index (χ0v) is 17.6. The molecule has 0 bridgehead atoms. The molecule has 2 aromatic rings. The molecule has 0 aromatic heterocycles. The van der Waals surface area contributed by atoms with Crippen LogP contribution < -0.4 is 5.32 Å². The Labute approximate surface area is 166 Å². The fourth-order valence-electron chi connectivity index (χ4n) is 2.66. The largest absolute Gasteiger partial charge is 0.322 e. The van der Waals surface area contributed by atoms with Gasteiger partial charge in [-0.1, -0.05) is 13.8 Å². The van der Waals surface area contributed by atoms with Crippen molar-refractivity contribution < 1.29 is 13.2 Å². The van der Waals surface area contributed by atoms with E-state index in [0.717, 1.165) is 17.7 Å². The number of rotatable bonds is 9. The maximum absolute atomic E-state index is 12.8. The van der Waals surface area contributed by atoms with E-state index in [1.54, 1.807) is 23.9 Å². The second kappa shape index (κ2) is 9.92. The van der Waals surface area contributed by atoms with E-state index in [2.05, 4.69) is 5.32 Å². The van der Waals surface area contributed by atoms with Crippen LogP contribution in [0, 0.1) is 0 Å². The third-order valence-corrected chi connectivity index (χ3v) is 6.70. The molecule has 0 saturated heterocycles. The third-order valence-electron chi connectivity index (χ3n) is 4.05. The molecule has 146 valence electrons. The highest BCUT2D eigenvalue weighted by atomic mass is 32.2. The van der Waals surface area contributed by atoms with Crippen LogP contribution in [0.2, 0.25) is 0 Å². The summed E-state index contributed by atoms with van der Waals surface area (Å²) in [4.78, 5) is 13.7. The highest BCUT2D eigenvalue weighted by Crippen LogP contribution is 2.20. The predicted octanol–water partition coefficient (Wildman–Crippen LogP) is 4.47. The molecule has 7 heteroatoms. The lowest BCUT2D eigenvalue weighted by Crippen LogP contribution is -2.32. The van der Waals surface area contributed by atoms with Crippen LogP contribution in [0.3, 0.4) is 0 Å². The fraction of sp³-hybridized carbons (Fsp3) is 0.350. The van der Waals surface area contributed by atoms with Gasteiger partial charge < -0.3 is 5.32 Å². The molecule has 0 fully saturated rings. The molecule has 2 aromatic carbocycles. The number of carbonyl (C=O) groups excluding carboxylic acids is 1. The van der Waals surface area contributed by atoms with Gasteiger partial charge in [-0.2, -0.15) is 4.31 Å². The number of nitrogens with zero attached hydrogens (tertiary/aromatic N) is 1. The first kappa shape index (κ1) is 21.5. The molecule has 1 N–H and O–H groups in total. The van der Waals surface area contributed by atoms with Gasteiger partial charge in [-0.25, -0.2) is 8.42 Å². The van der Waals surface area contributed by atoms with E-state index in [4.69, 9.17) is 0 Å². The Bertz CT molecular complexity index is 842. The summed E-state index contributed by atoms with van der Waals surface area (Å²) in [6, 6.07) is 13.7. The molecule has 27 heavy (non-hydrogen) atoms. The minimum atomic E-state index is -3.54. The number of benzene rings is 2. The van der Waals surface area contributed by atoms with Crippen molar-refractivity contribution in [2.45, 2.75) is 36.5 Å². The van der Waals surface area contributed by atoms with Gasteiger partial charge in [0.2, 0.25) is 10.0 Å². The molecule has 0 saturated carbocycles. The molecule has 0 spiro atoms. The molecule has 2 rings (SSSR count). The van der Waals surface area contributed by atoms with E-state index in [-0.39, 0.29) is 10.8 Å². The minimum absolute atomic E-state index is 0.213. The normalized spacial score (nSPS) is 11.6. The number of sulfonamides is 1. The van der Waals surface area contributed by atoms with Crippen molar-refractivity contribution in [2.24, 2.45) is 0 Å². The van der Waals surface area contributed by atoms with Gasteiger partial charge in [-0.15, -0.1) is 11.8 Å². The molecule has 5 nitrogen and oxygen atoms in total. The Hall–Kier alpha value is -1.83. The van der Waals surface area contributed by atoms with Crippen LogP contribution in [-0.4, -0.2) is 38.0 Å². The summed E-state index contributed by atoms with van der Waals surface area (Å²) in [5.74, 6) is -0.269. The van der Waals surface area contributed by atoms with Crippen LogP contribution in [0.4, 0.5) is 5.69 Å². The number of hydrogen-bond acceptors (Lipinski definition) is 4. The summed E-state index contributed by atoms with van der Waals surface area (Å²) in [7, 11) is -3.54. The number of hydrogen-bond donors (Lipinski definition) is 1. The summed E-state index contributed by atoms with van der Waals surface area (Å²) in [5.41, 5.74) is 1.12. The van der Waals surface area contributed by atoms with Crippen molar-refractivity contribution in [3.8, 4) is 0 Å². The van der Waals surface area contributed by atoms with E-state index in [0.29, 0.717) is 24.3 Å². The minimum Gasteiger partial charge on any atom is -0.322 e. The molecule has 0 aliphatic heterocycles. The lowest BCUT2D eigenvalue weighted by Gasteiger charge is -2.21. The molecular formula is C20H26N2O3S2. The monoisotopic (exact) mass is 406 g/mol. The van der Waals surface area contributed by atoms with Crippen LogP contribution in [0.25, 0.3) is 0 Å². The highest BCUT2D eigenvalue weighted by molar-refractivity contribution is 7.98. The average molecular weight is 407 g/mol. The third kappa shape index (κ3) is 5.57. The van der Waals surface area contributed by atoms with E-state index >= 15 is 0 Å². The average Bonchev–Trinajstić information content (AvgIpc) is 2.68. The maximum Gasteiger partial charge on any atom is 0.255 e. The van der Waals surface area contributed by atoms with Crippen molar-refractivity contribution in [3.63, 3.8) is 0 Å². The van der Waals surface area contributed by atoms with Crippen LogP contribution in [0.5, 0.6) is 0 Å². The Morgan fingerprint density at radius 1 is 0.963 bits per heavy atom. The zero-order valence-electron chi connectivity index (χ0n) is 15.9. The lowest BCUT2D eigenvalue weighted by molar-refractivity contribution is 0.102. The van der Waals surface area contributed by atoms with Crippen molar-refractivity contribution in [1.29, 1.82) is 0 Å². The Morgan fingerprint density at radius 3 is 2.00 bits per heavy atom. The second-order valence-corrected chi connectivity index (χ2v) is 8.93. The second-order valence-electron chi connectivity index (χ2n) is 6.11. The van der Waals surface area contributed by atoms with Gasteiger partial charge in [0, 0.05) is 29.2 Å². The van der Waals surface area contributed by atoms with Crippen LogP contribution >= 0.6 is 11.8 Å². The number of anilines is 1. The van der Waals surface area contributed by atoms with Crippen LogP contribution in [0.1, 0.15) is 37.0 Å². The number of thioether (sulfide) groups is 1. The van der Waals surface area contributed by atoms with Crippen molar-refractivity contribution in [3.05, 3.63) is 54.1 Å². The molecule has 0 atom stereocenters. The van der Waals surface area contributed by atoms with Gasteiger partial charge in [0.15, 0.2) is 0 Å². The maximum atomic E-state index is 12.8. The topological polar surface area (TPSA) is 66.5 Å². The first-order chi connectivity index (χ1) is 12.9. The van der Waals surface area contributed by atoms with E-state index in [1.807, 2.05) is 44.4 Å². The van der Waals surface area contributed by atoms with Crippen LogP contribution in [-0.2, 0) is 10.0 Å². The molecule has 0 unspecified atom stereocenters. The first-order valence-corrected chi connectivity index (χ1v) is 11.6. The molecule has 1 amide bonds. The van der Waals surface area contributed by atoms with Crippen molar-refractivity contribution in [1.82, 2.24) is 4.31 Å². The van der Waals surface area contributed by atoms with Gasteiger partial charge in [0.1, 0.15) is 0 Å². The van der Waals surface area contributed by atoms with E-state index in [9.17, 15) is 13.2 Å². The summed E-state index contributed by atoms with van der Waals surface area (Å²) in [6.07, 6.45) is 3.51. The number of carbonyl (C=O) groups is 1. The summed E-state index contributed by atoms with van der Waals surface area (Å²) >= 11 is 1.63. The predicted molar refractivity (Wildman–Crippen MR) is 112 cm³/mol. The Balaban J connectivity index is 2.14. The zero-order chi connectivity index (χ0) is 19.9. The Kier molecular flexibility index (Phi) is 7.89. The molecule has 0 radical (unpaired) electrons. The van der Waals surface area contributed by atoms with Crippen molar-refractivity contribution >= 4 is 33.4 Å². The fourth-order valence-corrected chi connectivity index (χ4v) is 4.69. The van der Waals surface area contributed by atoms with E-state index < -0.39 is 10.0 Å². The standard InChI is InChI=1S/C20H26N2O3S2/c1-4-14-22(15-5-2)27(24,25)19-12-6-16(7-13-19)20(23)21-17-8-10-18(26-3)11-9-17/h6-13H,4-5,14-15H2,1-3H3,(H,21,23). The molecular weight excluding hydrogens is 380 g/mol. The summed E-state index contributed by atoms with van der Waals surface area (Å²) < 4.78 is 27.0. The smallest absolute Gasteiger partial charge is 0.255 e. The van der Waals surface area contributed by atoms with Gasteiger partial charge in [0.05, 0.1) is 4.90 Å². The quantitative estimate of drug-likeness (QED) is 0.624. The summed E-state index contributed by atoms with van der Waals surface area (Å²) in [5, 5.41) is 2.82. The van der Waals surface area contributed by atoms with E-state index in [1.165, 1.54) is 16.4 Å². The lowest BCUT2D eigenvalue weighted by atomic mass is 10.2. The van der Waals surface area contributed by atoms with Crippen LogP contribution in [0.15, 0.2) is 58.3 Å². The molecule has 0 heterocycles. The number of nitrogens with one attached hydrogen (secondary N) is 1. The van der Waals surface area contributed by atoms with Gasteiger partial charge in [0.25, 0.3) is 5.91 Å². The Morgan fingerprint density at radius 2 is 1.52 bits per heavy atom. The highest BCUT2D eigenvalue weighted by Gasteiger charge is 2.23. The first-order valence-electron chi connectivity index (χ1n) is 8.98. The molecule has 0 aliphatic rings.